The SMILES string of the molecule is O=C(C1CCC(Oc2cc(-n3c(C(F)F)nc4ccccc43)nc(N3CCOCC3)n2)CC1)N(CCO)C1CCCCC1. The number of fused-ring (bicyclic) bond motifs is 1. The van der Waals surface area contributed by atoms with E-state index in [-0.39, 0.29) is 42.2 Å². The molecule has 0 radical (unpaired) electrons. The van der Waals surface area contributed by atoms with E-state index in [2.05, 4.69) is 4.98 Å². The number of carbonyl (C=O) groups excluding carboxylic acids is 1. The number of carbonyl (C=O) groups is 1. The van der Waals surface area contributed by atoms with Crippen LogP contribution in [-0.4, -0.2) is 87.0 Å². The summed E-state index contributed by atoms with van der Waals surface area (Å²) in [7, 11) is 0. The Kier molecular flexibility index (Phi) is 9.32. The largest absolute Gasteiger partial charge is 0.474 e. The lowest BCUT2D eigenvalue weighted by atomic mass is 9.85. The first kappa shape index (κ1) is 29.7. The molecule has 1 amide bonds. The molecule has 1 aromatic carbocycles. The molecule has 0 atom stereocenters. The van der Waals surface area contributed by atoms with Gasteiger partial charge in [-0.15, -0.1) is 0 Å². The van der Waals surface area contributed by atoms with Crippen LogP contribution >= 0.6 is 0 Å². The Labute approximate surface area is 250 Å². The van der Waals surface area contributed by atoms with Crippen LogP contribution in [0.5, 0.6) is 5.88 Å². The number of aliphatic hydroxyl groups excluding tert-OH is 1. The topological polar surface area (TPSA) is 106 Å². The summed E-state index contributed by atoms with van der Waals surface area (Å²) in [6.45, 7) is 2.55. The molecule has 0 bridgehead atoms. The van der Waals surface area contributed by atoms with Gasteiger partial charge in [0.2, 0.25) is 17.7 Å². The second-order valence-corrected chi connectivity index (χ2v) is 11.7. The van der Waals surface area contributed by atoms with Crippen molar-refractivity contribution in [2.45, 2.75) is 76.4 Å². The molecule has 6 rings (SSSR count). The molecule has 2 aromatic heterocycles. The van der Waals surface area contributed by atoms with Crippen LogP contribution in [0.3, 0.4) is 0 Å². The van der Waals surface area contributed by atoms with Crippen molar-refractivity contribution < 1.29 is 28.2 Å². The van der Waals surface area contributed by atoms with Crippen molar-refractivity contribution in [1.29, 1.82) is 0 Å². The Morgan fingerprint density at radius 1 is 1.02 bits per heavy atom. The lowest BCUT2D eigenvalue weighted by Crippen LogP contribution is -2.47. The van der Waals surface area contributed by atoms with Crippen molar-refractivity contribution in [3.8, 4) is 11.7 Å². The van der Waals surface area contributed by atoms with Gasteiger partial charge in [-0.1, -0.05) is 31.4 Å². The number of hydrogen-bond donors (Lipinski definition) is 1. The lowest BCUT2D eigenvalue weighted by Gasteiger charge is -2.38. The standard InChI is InChI=1S/C31H40F2N6O4/c32-28(33)29-34-24-8-4-5-9-25(24)39(29)26-20-27(36-31(35-26)37-15-18-42-19-16-37)43-23-12-10-21(11-13-23)30(41)38(14-17-40)22-6-2-1-3-7-22/h4-5,8-9,20-23,28,40H,1-3,6-7,10-19H2. The van der Waals surface area contributed by atoms with E-state index in [0.29, 0.717) is 81.4 Å². The third kappa shape index (κ3) is 6.59. The smallest absolute Gasteiger partial charge is 0.296 e. The average molecular weight is 599 g/mol. The number of nitrogens with zero attached hydrogens (tertiary/aromatic N) is 6. The molecule has 1 N–H and O–H groups in total. The molecule has 3 heterocycles. The summed E-state index contributed by atoms with van der Waals surface area (Å²) in [5.74, 6) is 0.636. The molecule has 3 aliphatic rings. The van der Waals surface area contributed by atoms with Gasteiger partial charge in [-0.2, -0.15) is 9.97 Å². The van der Waals surface area contributed by atoms with Crippen molar-refractivity contribution >= 4 is 22.9 Å². The normalized spacial score (nSPS) is 21.8. The number of halogens is 2. The Morgan fingerprint density at radius 2 is 1.77 bits per heavy atom. The number of para-hydroxylation sites is 2. The molecule has 232 valence electrons. The molecule has 0 unspecified atom stereocenters. The van der Waals surface area contributed by atoms with Gasteiger partial charge in [0, 0.05) is 37.7 Å². The summed E-state index contributed by atoms with van der Waals surface area (Å²) >= 11 is 0. The van der Waals surface area contributed by atoms with E-state index in [1.807, 2.05) is 9.80 Å². The predicted octanol–water partition coefficient (Wildman–Crippen LogP) is 4.68. The zero-order chi connectivity index (χ0) is 29.8. The molecule has 43 heavy (non-hydrogen) atoms. The highest BCUT2D eigenvalue weighted by Crippen LogP contribution is 2.33. The van der Waals surface area contributed by atoms with E-state index in [0.717, 1.165) is 25.7 Å². The average Bonchev–Trinajstić information content (AvgIpc) is 3.45. The summed E-state index contributed by atoms with van der Waals surface area (Å²) in [6, 6.07) is 8.83. The molecule has 3 fully saturated rings. The number of alkyl halides is 2. The van der Waals surface area contributed by atoms with Crippen molar-refractivity contribution in [3.05, 3.63) is 36.2 Å². The van der Waals surface area contributed by atoms with Gasteiger partial charge in [0.05, 0.1) is 30.9 Å². The molecule has 3 aromatic rings. The number of anilines is 1. The molecule has 1 saturated heterocycles. The third-order valence-corrected chi connectivity index (χ3v) is 8.93. The van der Waals surface area contributed by atoms with Gasteiger partial charge in [-0.3, -0.25) is 9.36 Å². The number of aromatic nitrogens is 4. The maximum atomic E-state index is 14.2. The van der Waals surface area contributed by atoms with E-state index in [9.17, 15) is 18.7 Å². The Balaban J connectivity index is 1.22. The molecular formula is C31H40F2N6O4. The van der Waals surface area contributed by atoms with Crippen LogP contribution in [0.15, 0.2) is 30.3 Å². The van der Waals surface area contributed by atoms with E-state index >= 15 is 0 Å². The number of amides is 1. The van der Waals surface area contributed by atoms with Gasteiger partial charge in [0.25, 0.3) is 6.43 Å². The third-order valence-electron chi connectivity index (χ3n) is 8.93. The minimum absolute atomic E-state index is 0.0261. The Morgan fingerprint density at radius 3 is 2.49 bits per heavy atom. The highest BCUT2D eigenvalue weighted by Gasteiger charge is 2.34. The molecule has 12 heteroatoms. The van der Waals surface area contributed by atoms with Gasteiger partial charge in [0.1, 0.15) is 11.9 Å². The van der Waals surface area contributed by atoms with Crippen LogP contribution in [0, 0.1) is 5.92 Å². The number of morpholine rings is 1. The first-order chi connectivity index (χ1) is 21.0. The van der Waals surface area contributed by atoms with Crippen molar-refractivity contribution in [3.63, 3.8) is 0 Å². The summed E-state index contributed by atoms with van der Waals surface area (Å²) < 4.78 is 41.6. The first-order valence-electron chi connectivity index (χ1n) is 15.6. The van der Waals surface area contributed by atoms with Crippen molar-refractivity contribution in [2.24, 2.45) is 5.92 Å². The van der Waals surface area contributed by atoms with Crippen LogP contribution in [-0.2, 0) is 9.53 Å². The van der Waals surface area contributed by atoms with Gasteiger partial charge >= 0.3 is 0 Å². The number of hydrogen-bond acceptors (Lipinski definition) is 8. The first-order valence-corrected chi connectivity index (χ1v) is 15.6. The molecule has 1 aliphatic heterocycles. The number of benzene rings is 1. The van der Waals surface area contributed by atoms with Gasteiger partial charge in [0.15, 0.2) is 5.82 Å². The zero-order valence-electron chi connectivity index (χ0n) is 24.4. The van der Waals surface area contributed by atoms with Crippen LogP contribution in [0.25, 0.3) is 16.9 Å². The zero-order valence-corrected chi connectivity index (χ0v) is 24.4. The quantitative estimate of drug-likeness (QED) is 0.379. The van der Waals surface area contributed by atoms with E-state index in [1.54, 1.807) is 30.3 Å². The predicted molar refractivity (Wildman–Crippen MR) is 157 cm³/mol. The van der Waals surface area contributed by atoms with Crippen LogP contribution < -0.4 is 9.64 Å². The summed E-state index contributed by atoms with van der Waals surface area (Å²) in [5.41, 5.74) is 0.984. The molecular weight excluding hydrogens is 558 g/mol. The molecule has 2 aliphatic carbocycles. The van der Waals surface area contributed by atoms with Crippen LogP contribution in [0.4, 0.5) is 14.7 Å². The fourth-order valence-electron chi connectivity index (χ4n) is 6.72. The number of imidazole rings is 1. The van der Waals surface area contributed by atoms with E-state index in [1.165, 1.54) is 11.0 Å². The summed E-state index contributed by atoms with van der Waals surface area (Å²) in [6.07, 6.45) is 5.23. The Hall–Kier alpha value is -3.38. The van der Waals surface area contributed by atoms with Gasteiger partial charge in [-0.25, -0.2) is 13.8 Å². The molecule has 2 saturated carbocycles. The highest BCUT2D eigenvalue weighted by molar-refractivity contribution is 5.79. The second kappa shape index (κ2) is 13.5. The number of ether oxygens (including phenoxy) is 2. The molecule has 0 spiro atoms. The highest BCUT2D eigenvalue weighted by atomic mass is 19.3. The number of rotatable bonds is 9. The van der Waals surface area contributed by atoms with E-state index in [4.69, 9.17) is 19.4 Å². The van der Waals surface area contributed by atoms with Crippen molar-refractivity contribution in [1.82, 2.24) is 24.4 Å². The fourth-order valence-corrected chi connectivity index (χ4v) is 6.72. The lowest BCUT2D eigenvalue weighted by molar-refractivity contribution is -0.140. The summed E-state index contributed by atoms with van der Waals surface area (Å²) in [5, 5.41) is 9.65. The number of aliphatic hydroxyl groups is 1. The van der Waals surface area contributed by atoms with E-state index < -0.39 is 6.43 Å². The summed E-state index contributed by atoms with van der Waals surface area (Å²) in [4.78, 5) is 31.0. The maximum Gasteiger partial charge on any atom is 0.296 e. The maximum absolute atomic E-state index is 14.2. The van der Waals surface area contributed by atoms with Gasteiger partial charge < -0.3 is 24.4 Å². The minimum atomic E-state index is -2.80. The van der Waals surface area contributed by atoms with Crippen LogP contribution in [0.2, 0.25) is 0 Å². The fraction of sp³-hybridized carbons (Fsp3) is 0.613. The second-order valence-electron chi connectivity index (χ2n) is 11.7. The monoisotopic (exact) mass is 598 g/mol. The van der Waals surface area contributed by atoms with Crippen molar-refractivity contribution in [2.75, 3.05) is 44.4 Å². The van der Waals surface area contributed by atoms with Gasteiger partial charge in [-0.05, 0) is 50.7 Å². The Bertz CT molecular complexity index is 1380. The van der Waals surface area contributed by atoms with Crippen LogP contribution in [0.1, 0.15) is 70.0 Å². The minimum Gasteiger partial charge on any atom is -0.474 e. The molecule has 10 nitrogen and oxygen atoms in total.